The fourth-order valence-electron chi connectivity index (χ4n) is 1.55. The lowest BCUT2D eigenvalue weighted by Gasteiger charge is -2.07. The molecule has 0 atom stereocenters. The summed E-state index contributed by atoms with van der Waals surface area (Å²) in [6, 6.07) is 7.19. The molecule has 5 heteroatoms. The predicted molar refractivity (Wildman–Crippen MR) is 66.6 cm³/mol. The molecule has 0 saturated carbocycles. The van der Waals surface area contributed by atoms with E-state index in [4.69, 9.17) is 0 Å². The Kier molecular flexibility index (Phi) is 3.43. The molecule has 0 aliphatic carbocycles. The molecule has 0 spiro atoms. The van der Waals surface area contributed by atoms with Crippen molar-refractivity contribution >= 4 is 11.5 Å². The molecule has 0 aliphatic rings. The first kappa shape index (κ1) is 13.1. The normalized spacial score (nSPS) is 12.1. The first-order chi connectivity index (χ1) is 8.38. The van der Waals surface area contributed by atoms with Crippen LogP contribution in [-0.4, -0.2) is 4.37 Å². The molecule has 96 valence electrons. The molecule has 0 saturated heterocycles. The van der Waals surface area contributed by atoms with Crippen LogP contribution in [0.1, 0.15) is 31.0 Å². The van der Waals surface area contributed by atoms with Gasteiger partial charge >= 0.3 is 6.18 Å². The van der Waals surface area contributed by atoms with Crippen LogP contribution in [0.5, 0.6) is 0 Å². The van der Waals surface area contributed by atoms with Gasteiger partial charge in [-0.15, -0.1) is 0 Å². The molecule has 0 N–H and O–H groups in total. The average Bonchev–Trinajstić information content (AvgIpc) is 2.77. The maximum Gasteiger partial charge on any atom is 0.416 e. The number of alkyl halides is 3. The van der Waals surface area contributed by atoms with Crippen molar-refractivity contribution in [3.8, 4) is 10.4 Å². The summed E-state index contributed by atoms with van der Waals surface area (Å²) in [5.41, 5.74) is 0.848. The summed E-state index contributed by atoms with van der Waals surface area (Å²) in [7, 11) is 0. The van der Waals surface area contributed by atoms with Gasteiger partial charge in [0.05, 0.1) is 16.1 Å². The number of rotatable bonds is 2. The van der Waals surface area contributed by atoms with Crippen molar-refractivity contribution in [2.24, 2.45) is 0 Å². The van der Waals surface area contributed by atoms with Crippen molar-refractivity contribution < 1.29 is 13.2 Å². The van der Waals surface area contributed by atoms with Crippen molar-refractivity contribution in [1.29, 1.82) is 0 Å². The van der Waals surface area contributed by atoms with E-state index in [0.29, 0.717) is 5.56 Å². The minimum Gasteiger partial charge on any atom is -0.197 e. The van der Waals surface area contributed by atoms with E-state index in [1.54, 1.807) is 6.07 Å². The van der Waals surface area contributed by atoms with Gasteiger partial charge in [0.15, 0.2) is 0 Å². The van der Waals surface area contributed by atoms with Crippen LogP contribution in [0.2, 0.25) is 0 Å². The predicted octanol–water partition coefficient (Wildman–Crippen LogP) is 4.95. The Hall–Kier alpha value is -1.36. The SMILES string of the molecule is CC(C)c1cc(-c2cccc(C(F)(F)F)c2)sn1. The Morgan fingerprint density at radius 2 is 1.89 bits per heavy atom. The molecule has 0 aliphatic heterocycles. The van der Waals surface area contributed by atoms with Crippen LogP contribution in [0.4, 0.5) is 13.2 Å². The minimum atomic E-state index is -4.30. The van der Waals surface area contributed by atoms with Crippen LogP contribution in [0.3, 0.4) is 0 Å². The number of aromatic nitrogens is 1. The molecule has 0 radical (unpaired) electrons. The highest BCUT2D eigenvalue weighted by atomic mass is 32.1. The van der Waals surface area contributed by atoms with Gasteiger partial charge in [0.2, 0.25) is 0 Å². The zero-order chi connectivity index (χ0) is 13.3. The van der Waals surface area contributed by atoms with Gasteiger partial charge in [-0.05, 0) is 41.2 Å². The van der Waals surface area contributed by atoms with E-state index < -0.39 is 11.7 Å². The van der Waals surface area contributed by atoms with Crippen molar-refractivity contribution in [2.45, 2.75) is 25.9 Å². The molecule has 1 nitrogen and oxygen atoms in total. The second-order valence-corrected chi connectivity index (χ2v) is 5.15. The van der Waals surface area contributed by atoms with E-state index in [9.17, 15) is 13.2 Å². The highest BCUT2D eigenvalue weighted by molar-refractivity contribution is 7.09. The van der Waals surface area contributed by atoms with Crippen molar-refractivity contribution in [2.75, 3.05) is 0 Å². The first-order valence-electron chi connectivity index (χ1n) is 5.52. The molecule has 0 fully saturated rings. The van der Waals surface area contributed by atoms with Crippen LogP contribution in [0.15, 0.2) is 30.3 Å². The largest absolute Gasteiger partial charge is 0.416 e. The fraction of sp³-hybridized carbons (Fsp3) is 0.308. The summed E-state index contributed by atoms with van der Waals surface area (Å²) >= 11 is 1.23. The minimum absolute atomic E-state index is 0.279. The summed E-state index contributed by atoms with van der Waals surface area (Å²) in [5, 5.41) is 0. The Labute approximate surface area is 107 Å². The number of hydrogen-bond acceptors (Lipinski definition) is 2. The molecule has 1 aromatic carbocycles. The maximum absolute atomic E-state index is 12.6. The Morgan fingerprint density at radius 3 is 2.44 bits per heavy atom. The fourth-order valence-corrected chi connectivity index (χ4v) is 2.42. The summed E-state index contributed by atoms with van der Waals surface area (Å²) in [4.78, 5) is 0.768. The quantitative estimate of drug-likeness (QED) is 0.753. The van der Waals surface area contributed by atoms with Crippen LogP contribution < -0.4 is 0 Å². The Balaban J connectivity index is 2.38. The lowest BCUT2D eigenvalue weighted by molar-refractivity contribution is -0.137. The molecule has 0 amide bonds. The number of halogens is 3. The molecular weight excluding hydrogens is 259 g/mol. The third-order valence-electron chi connectivity index (χ3n) is 2.59. The third kappa shape index (κ3) is 2.72. The average molecular weight is 271 g/mol. The van der Waals surface area contributed by atoms with Crippen molar-refractivity contribution in [3.05, 3.63) is 41.6 Å². The lowest BCUT2D eigenvalue weighted by atomic mass is 10.1. The van der Waals surface area contributed by atoms with Crippen LogP contribution in [0.25, 0.3) is 10.4 Å². The topological polar surface area (TPSA) is 12.9 Å². The van der Waals surface area contributed by atoms with Gasteiger partial charge in [-0.2, -0.15) is 17.5 Å². The summed E-state index contributed by atoms with van der Waals surface area (Å²) in [5.74, 6) is 0.279. The molecule has 0 bridgehead atoms. The summed E-state index contributed by atoms with van der Waals surface area (Å²) < 4.78 is 42.1. The molecule has 18 heavy (non-hydrogen) atoms. The number of benzene rings is 1. The van der Waals surface area contributed by atoms with Gasteiger partial charge in [0, 0.05) is 0 Å². The van der Waals surface area contributed by atoms with Crippen LogP contribution >= 0.6 is 11.5 Å². The monoisotopic (exact) mass is 271 g/mol. The highest BCUT2D eigenvalue weighted by Gasteiger charge is 2.30. The van der Waals surface area contributed by atoms with Gasteiger partial charge in [0.1, 0.15) is 0 Å². The molecule has 0 unspecified atom stereocenters. The molecular formula is C13H12F3NS. The lowest BCUT2D eigenvalue weighted by Crippen LogP contribution is -2.04. The second kappa shape index (κ2) is 4.72. The third-order valence-corrected chi connectivity index (χ3v) is 3.45. The highest BCUT2D eigenvalue weighted by Crippen LogP contribution is 2.34. The molecule has 1 heterocycles. The Morgan fingerprint density at radius 1 is 1.17 bits per heavy atom. The first-order valence-corrected chi connectivity index (χ1v) is 6.29. The standard InChI is InChI=1S/C13H12F3NS/c1-8(2)11-7-12(18-17-11)9-4-3-5-10(6-9)13(14,15)16/h3-8H,1-2H3. The van der Waals surface area contributed by atoms with Gasteiger partial charge < -0.3 is 0 Å². The van der Waals surface area contributed by atoms with E-state index in [1.807, 2.05) is 19.9 Å². The van der Waals surface area contributed by atoms with Gasteiger partial charge in [-0.1, -0.05) is 26.0 Å². The van der Waals surface area contributed by atoms with E-state index in [-0.39, 0.29) is 5.92 Å². The van der Waals surface area contributed by atoms with E-state index in [2.05, 4.69) is 4.37 Å². The maximum atomic E-state index is 12.6. The molecule has 1 aromatic heterocycles. The smallest absolute Gasteiger partial charge is 0.197 e. The van der Waals surface area contributed by atoms with Crippen molar-refractivity contribution in [3.63, 3.8) is 0 Å². The molecule has 2 aromatic rings. The van der Waals surface area contributed by atoms with E-state index in [0.717, 1.165) is 22.7 Å². The zero-order valence-corrected chi connectivity index (χ0v) is 10.8. The summed E-state index contributed by atoms with van der Waals surface area (Å²) in [6.45, 7) is 4.01. The van der Waals surface area contributed by atoms with Gasteiger partial charge in [-0.3, -0.25) is 0 Å². The van der Waals surface area contributed by atoms with Crippen LogP contribution in [0, 0.1) is 0 Å². The molecule has 2 rings (SSSR count). The van der Waals surface area contributed by atoms with Gasteiger partial charge in [0.25, 0.3) is 0 Å². The number of hydrogen-bond donors (Lipinski definition) is 0. The van der Waals surface area contributed by atoms with Crippen molar-refractivity contribution in [1.82, 2.24) is 4.37 Å². The summed E-state index contributed by atoms with van der Waals surface area (Å²) in [6.07, 6.45) is -4.30. The zero-order valence-electron chi connectivity index (χ0n) is 9.95. The van der Waals surface area contributed by atoms with Gasteiger partial charge in [-0.25, -0.2) is 0 Å². The van der Waals surface area contributed by atoms with Crippen LogP contribution in [-0.2, 0) is 6.18 Å². The Bertz CT molecular complexity index is 543. The van der Waals surface area contributed by atoms with E-state index >= 15 is 0 Å². The van der Waals surface area contributed by atoms with E-state index in [1.165, 1.54) is 17.6 Å². The number of nitrogens with zero attached hydrogens (tertiary/aromatic N) is 1. The second-order valence-electron chi connectivity index (χ2n) is 4.35.